The number of halogens is 1. The number of rotatable bonds is 6. The maximum absolute atomic E-state index is 12.9. The SMILES string of the molecule is CC(C)CN1CCC(C2CCN(C(=O)COc3ccc(F)cc3)C2)CC1. The Balaban J connectivity index is 1.40. The average molecular weight is 362 g/mol. The number of benzene rings is 1. The van der Waals surface area contributed by atoms with E-state index in [0.29, 0.717) is 11.7 Å². The summed E-state index contributed by atoms with van der Waals surface area (Å²) in [6.07, 6.45) is 3.62. The smallest absolute Gasteiger partial charge is 0.260 e. The van der Waals surface area contributed by atoms with Crippen LogP contribution in [-0.4, -0.2) is 55.0 Å². The quantitative estimate of drug-likeness (QED) is 0.777. The Kier molecular flexibility index (Phi) is 6.52. The highest BCUT2D eigenvalue weighted by Gasteiger charge is 2.33. The van der Waals surface area contributed by atoms with Crippen LogP contribution in [0.2, 0.25) is 0 Å². The highest BCUT2D eigenvalue weighted by Crippen LogP contribution is 2.32. The molecular weight excluding hydrogens is 331 g/mol. The van der Waals surface area contributed by atoms with E-state index in [-0.39, 0.29) is 18.3 Å². The summed E-state index contributed by atoms with van der Waals surface area (Å²) in [7, 11) is 0. The summed E-state index contributed by atoms with van der Waals surface area (Å²) < 4.78 is 18.4. The van der Waals surface area contributed by atoms with Gasteiger partial charge in [-0.15, -0.1) is 0 Å². The molecule has 1 unspecified atom stereocenters. The van der Waals surface area contributed by atoms with Gasteiger partial charge in [-0.2, -0.15) is 0 Å². The second-order valence-electron chi connectivity index (χ2n) is 8.16. The van der Waals surface area contributed by atoms with E-state index in [4.69, 9.17) is 4.74 Å². The fraction of sp³-hybridized carbons (Fsp3) is 0.667. The molecule has 3 rings (SSSR count). The van der Waals surface area contributed by atoms with Crippen LogP contribution in [0.5, 0.6) is 5.75 Å². The number of nitrogens with zero attached hydrogens (tertiary/aromatic N) is 2. The molecule has 0 saturated carbocycles. The van der Waals surface area contributed by atoms with Crippen molar-refractivity contribution in [3.63, 3.8) is 0 Å². The monoisotopic (exact) mass is 362 g/mol. The summed E-state index contributed by atoms with van der Waals surface area (Å²) in [5.41, 5.74) is 0. The highest BCUT2D eigenvalue weighted by atomic mass is 19.1. The molecular formula is C21H31FN2O2. The predicted molar refractivity (Wildman–Crippen MR) is 101 cm³/mol. The zero-order chi connectivity index (χ0) is 18.5. The molecule has 0 radical (unpaired) electrons. The van der Waals surface area contributed by atoms with Gasteiger partial charge < -0.3 is 14.5 Å². The van der Waals surface area contributed by atoms with Crippen molar-refractivity contribution in [1.29, 1.82) is 0 Å². The first-order valence-corrected chi connectivity index (χ1v) is 9.89. The van der Waals surface area contributed by atoms with E-state index in [1.807, 2.05) is 4.90 Å². The number of likely N-dealkylation sites (tertiary alicyclic amines) is 2. The summed E-state index contributed by atoms with van der Waals surface area (Å²) in [5.74, 6) is 2.38. The first-order chi connectivity index (χ1) is 12.5. The van der Waals surface area contributed by atoms with Crippen LogP contribution in [0.15, 0.2) is 24.3 Å². The normalized spacial score (nSPS) is 22.2. The summed E-state index contributed by atoms with van der Waals surface area (Å²) in [4.78, 5) is 16.9. The minimum absolute atomic E-state index is 0.0329. The van der Waals surface area contributed by atoms with Crippen LogP contribution in [-0.2, 0) is 4.79 Å². The Labute approximate surface area is 156 Å². The minimum atomic E-state index is -0.300. The molecule has 2 fully saturated rings. The Morgan fingerprint density at radius 3 is 2.42 bits per heavy atom. The molecule has 4 nitrogen and oxygen atoms in total. The van der Waals surface area contributed by atoms with Gasteiger partial charge in [0.2, 0.25) is 0 Å². The predicted octanol–water partition coefficient (Wildman–Crippen LogP) is 3.42. The second-order valence-corrected chi connectivity index (χ2v) is 8.16. The molecule has 0 N–H and O–H groups in total. The van der Waals surface area contributed by atoms with Crippen molar-refractivity contribution in [2.24, 2.45) is 17.8 Å². The molecule has 26 heavy (non-hydrogen) atoms. The maximum atomic E-state index is 12.9. The molecule has 144 valence electrons. The van der Waals surface area contributed by atoms with E-state index in [9.17, 15) is 9.18 Å². The largest absolute Gasteiger partial charge is 0.484 e. The first-order valence-electron chi connectivity index (χ1n) is 9.89. The second kappa shape index (κ2) is 8.85. The lowest BCUT2D eigenvalue weighted by atomic mass is 9.83. The number of carbonyl (C=O) groups excluding carboxylic acids is 1. The molecule has 5 heteroatoms. The average Bonchev–Trinajstić information content (AvgIpc) is 3.11. The third kappa shape index (κ3) is 5.19. The highest BCUT2D eigenvalue weighted by molar-refractivity contribution is 5.78. The number of hydrogen-bond acceptors (Lipinski definition) is 3. The number of ether oxygens (including phenoxy) is 1. The van der Waals surface area contributed by atoms with E-state index in [1.54, 1.807) is 12.1 Å². The van der Waals surface area contributed by atoms with Crippen molar-refractivity contribution >= 4 is 5.91 Å². The maximum Gasteiger partial charge on any atom is 0.260 e. The Morgan fingerprint density at radius 2 is 1.77 bits per heavy atom. The third-order valence-electron chi connectivity index (χ3n) is 5.68. The van der Waals surface area contributed by atoms with Gasteiger partial charge in [0.1, 0.15) is 11.6 Å². The van der Waals surface area contributed by atoms with Crippen LogP contribution in [0.3, 0.4) is 0 Å². The molecule has 0 aromatic heterocycles. The van der Waals surface area contributed by atoms with Gasteiger partial charge in [0.05, 0.1) is 0 Å². The molecule has 1 amide bonds. The van der Waals surface area contributed by atoms with Crippen LogP contribution >= 0.6 is 0 Å². The first kappa shape index (κ1) is 19.2. The van der Waals surface area contributed by atoms with Gasteiger partial charge in [0.25, 0.3) is 5.91 Å². The molecule has 2 saturated heterocycles. The van der Waals surface area contributed by atoms with Crippen LogP contribution < -0.4 is 4.74 Å². The molecule has 2 aliphatic rings. The van der Waals surface area contributed by atoms with Crippen LogP contribution in [0.25, 0.3) is 0 Å². The van der Waals surface area contributed by atoms with Gasteiger partial charge in [-0.25, -0.2) is 4.39 Å². The molecule has 0 bridgehead atoms. The minimum Gasteiger partial charge on any atom is -0.484 e. The lowest BCUT2D eigenvalue weighted by molar-refractivity contribution is -0.132. The molecule has 2 aliphatic heterocycles. The summed E-state index contributed by atoms with van der Waals surface area (Å²) >= 11 is 0. The van der Waals surface area contributed by atoms with Crippen LogP contribution in [0, 0.1) is 23.6 Å². The van der Waals surface area contributed by atoms with Crippen molar-refractivity contribution in [3.05, 3.63) is 30.1 Å². The zero-order valence-corrected chi connectivity index (χ0v) is 16.0. The van der Waals surface area contributed by atoms with E-state index >= 15 is 0 Å². The fourth-order valence-electron chi connectivity index (χ4n) is 4.29. The lowest BCUT2D eigenvalue weighted by Gasteiger charge is -2.35. The van der Waals surface area contributed by atoms with Gasteiger partial charge in [-0.1, -0.05) is 13.8 Å². The van der Waals surface area contributed by atoms with E-state index < -0.39 is 0 Å². The Morgan fingerprint density at radius 1 is 1.12 bits per heavy atom. The molecule has 0 spiro atoms. The van der Waals surface area contributed by atoms with E-state index in [2.05, 4.69) is 18.7 Å². The van der Waals surface area contributed by atoms with Crippen molar-refractivity contribution < 1.29 is 13.9 Å². The van der Waals surface area contributed by atoms with Gasteiger partial charge in [-0.3, -0.25) is 4.79 Å². The number of hydrogen-bond donors (Lipinski definition) is 0. The standard InChI is InChI=1S/C21H31FN2O2/c1-16(2)13-23-10-7-17(8-11-23)18-9-12-24(14-18)21(25)15-26-20-5-3-19(22)4-6-20/h3-6,16-18H,7-15H2,1-2H3. The van der Waals surface area contributed by atoms with Gasteiger partial charge >= 0.3 is 0 Å². The molecule has 1 aromatic rings. The van der Waals surface area contributed by atoms with Gasteiger partial charge in [0, 0.05) is 19.6 Å². The summed E-state index contributed by atoms with van der Waals surface area (Å²) in [6, 6.07) is 5.80. The topological polar surface area (TPSA) is 32.8 Å². The zero-order valence-electron chi connectivity index (χ0n) is 16.0. The molecule has 2 heterocycles. The number of piperidine rings is 1. The van der Waals surface area contributed by atoms with E-state index in [0.717, 1.165) is 31.3 Å². The Bertz CT molecular complexity index is 582. The molecule has 0 aliphatic carbocycles. The molecule has 1 atom stereocenters. The van der Waals surface area contributed by atoms with Crippen molar-refractivity contribution in [2.45, 2.75) is 33.1 Å². The molecule has 1 aromatic carbocycles. The third-order valence-corrected chi connectivity index (χ3v) is 5.68. The Hall–Kier alpha value is -1.62. The van der Waals surface area contributed by atoms with Gasteiger partial charge in [-0.05, 0) is 74.4 Å². The number of amides is 1. The van der Waals surface area contributed by atoms with Crippen molar-refractivity contribution in [1.82, 2.24) is 9.80 Å². The van der Waals surface area contributed by atoms with Crippen LogP contribution in [0.4, 0.5) is 4.39 Å². The van der Waals surface area contributed by atoms with Crippen LogP contribution in [0.1, 0.15) is 33.1 Å². The fourth-order valence-corrected chi connectivity index (χ4v) is 4.29. The number of carbonyl (C=O) groups is 1. The van der Waals surface area contributed by atoms with Crippen molar-refractivity contribution in [3.8, 4) is 5.75 Å². The summed E-state index contributed by atoms with van der Waals surface area (Å²) in [6.45, 7) is 9.87. The van der Waals surface area contributed by atoms with Gasteiger partial charge in [0.15, 0.2) is 6.61 Å². The van der Waals surface area contributed by atoms with E-state index in [1.165, 1.54) is 44.6 Å². The lowest BCUT2D eigenvalue weighted by Crippen LogP contribution is -2.39. The summed E-state index contributed by atoms with van der Waals surface area (Å²) in [5, 5.41) is 0. The van der Waals surface area contributed by atoms with Crippen molar-refractivity contribution in [2.75, 3.05) is 39.3 Å².